The van der Waals surface area contributed by atoms with E-state index in [1.54, 1.807) is 12.1 Å². The van der Waals surface area contributed by atoms with Crippen LogP contribution in [0.4, 0.5) is 0 Å². The Balaban J connectivity index is 1.95. The largest absolute Gasteiger partial charge is 0.476 e. The van der Waals surface area contributed by atoms with Crippen LogP contribution in [0.5, 0.6) is 0 Å². The number of hydrogen-bond acceptors (Lipinski definition) is 4. The Kier molecular flexibility index (Phi) is 4.76. The van der Waals surface area contributed by atoms with Crippen LogP contribution >= 0.6 is 15.9 Å². The monoisotopic (exact) mass is 373 g/mol. The van der Waals surface area contributed by atoms with E-state index in [1.165, 1.54) is 29.2 Å². The molecule has 9 heteroatoms. The Morgan fingerprint density at radius 1 is 1.33 bits per heavy atom. The van der Waals surface area contributed by atoms with Crippen molar-refractivity contribution in [1.29, 1.82) is 0 Å². The van der Waals surface area contributed by atoms with Gasteiger partial charge in [-0.05, 0) is 24.3 Å². The molecule has 1 aromatic heterocycles. The number of carboxylic acids is 1. The van der Waals surface area contributed by atoms with Crippen LogP contribution in [0.3, 0.4) is 0 Å². The van der Waals surface area contributed by atoms with Crippen LogP contribution in [0.15, 0.2) is 46.2 Å². The zero-order chi connectivity index (χ0) is 15.5. The Bertz CT molecular complexity index is 740. The first-order valence-electron chi connectivity index (χ1n) is 5.89. The summed E-state index contributed by atoms with van der Waals surface area (Å²) in [6.45, 7) is 0.420. The molecule has 0 unspecified atom stereocenters. The maximum absolute atomic E-state index is 12.0. The van der Waals surface area contributed by atoms with Crippen molar-refractivity contribution in [2.24, 2.45) is 0 Å². The Labute approximate surface area is 129 Å². The molecule has 0 atom stereocenters. The molecule has 2 aromatic rings. The molecular formula is C12H12BrN3O4S. The van der Waals surface area contributed by atoms with Gasteiger partial charge in [-0.15, -0.1) is 0 Å². The molecule has 0 fully saturated rings. The summed E-state index contributed by atoms with van der Waals surface area (Å²) >= 11 is 3.24. The van der Waals surface area contributed by atoms with Gasteiger partial charge in [-0.3, -0.25) is 0 Å². The number of carboxylic acid groups (broad SMARTS) is 1. The second-order valence-electron chi connectivity index (χ2n) is 4.15. The molecule has 0 saturated heterocycles. The van der Waals surface area contributed by atoms with E-state index in [-0.39, 0.29) is 23.7 Å². The molecule has 0 amide bonds. The highest BCUT2D eigenvalue weighted by atomic mass is 79.9. The lowest BCUT2D eigenvalue weighted by Gasteiger charge is -2.07. The third-order valence-corrected chi connectivity index (χ3v) is 4.64. The Hall–Kier alpha value is -1.71. The van der Waals surface area contributed by atoms with Crippen LogP contribution in [-0.2, 0) is 16.6 Å². The van der Waals surface area contributed by atoms with Gasteiger partial charge in [0.1, 0.15) is 0 Å². The molecule has 0 saturated carbocycles. The van der Waals surface area contributed by atoms with Gasteiger partial charge in [0.15, 0.2) is 5.69 Å². The van der Waals surface area contributed by atoms with E-state index in [9.17, 15) is 13.2 Å². The van der Waals surface area contributed by atoms with Crippen molar-refractivity contribution >= 4 is 31.9 Å². The number of sulfonamides is 1. The van der Waals surface area contributed by atoms with Gasteiger partial charge in [0.2, 0.25) is 10.0 Å². The van der Waals surface area contributed by atoms with E-state index in [0.717, 1.165) is 4.47 Å². The zero-order valence-corrected chi connectivity index (χ0v) is 13.1. The minimum Gasteiger partial charge on any atom is -0.476 e. The normalized spacial score (nSPS) is 11.5. The van der Waals surface area contributed by atoms with Crippen LogP contribution in [0, 0.1) is 0 Å². The maximum atomic E-state index is 12.0. The van der Waals surface area contributed by atoms with Crippen molar-refractivity contribution in [2.75, 3.05) is 6.54 Å². The Morgan fingerprint density at radius 3 is 2.57 bits per heavy atom. The number of nitrogens with one attached hydrogen (secondary N) is 1. The number of halogens is 1. The summed E-state index contributed by atoms with van der Waals surface area (Å²) in [7, 11) is -3.58. The quantitative estimate of drug-likeness (QED) is 0.794. The predicted octanol–water partition coefficient (Wildman–Crippen LogP) is 1.32. The molecule has 0 bridgehead atoms. The maximum Gasteiger partial charge on any atom is 0.356 e. The van der Waals surface area contributed by atoms with Crippen molar-refractivity contribution < 1.29 is 18.3 Å². The third-order valence-electron chi connectivity index (χ3n) is 2.64. The minimum absolute atomic E-state index is 0.0780. The lowest BCUT2D eigenvalue weighted by atomic mass is 10.4. The fourth-order valence-corrected chi connectivity index (χ4v) is 2.88. The smallest absolute Gasteiger partial charge is 0.356 e. The SMILES string of the molecule is O=C(O)c1cn(CCNS(=O)(=O)c2ccc(Br)cc2)cn1. The molecule has 1 aromatic carbocycles. The fourth-order valence-electron chi connectivity index (χ4n) is 1.60. The first-order valence-corrected chi connectivity index (χ1v) is 8.16. The third kappa shape index (κ3) is 4.13. The highest BCUT2D eigenvalue weighted by Crippen LogP contribution is 2.14. The molecule has 2 rings (SSSR count). The second-order valence-corrected chi connectivity index (χ2v) is 6.84. The Morgan fingerprint density at radius 2 is 2.00 bits per heavy atom. The number of nitrogens with zero attached hydrogens (tertiary/aromatic N) is 2. The van der Waals surface area contributed by atoms with Gasteiger partial charge in [-0.2, -0.15) is 0 Å². The van der Waals surface area contributed by atoms with Gasteiger partial charge >= 0.3 is 5.97 Å². The minimum atomic E-state index is -3.58. The van der Waals surface area contributed by atoms with Crippen LogP contribution in [-0.4, -0.2) is 35.6 Å². The molecule has 7 nitrogen and oxygen atoms in total. The summed E-state index contributed by atoms with van der Waals surface area (Å²) in [4.78, 5) is 14.5. The molecule has 2 N–H and O–H groups in total. The van der Waals surface area contributed by atoms with E-state index in [2.05, 4.69) is 25.6 Å². The van der Waals surface area contributed by atoms with Crippen LogP contribution < -0.4 is 4.72 Å². The molecule has 21 heavy (non-hydrogen) atoms. The zero-order valence-electron chi connectivity index (χ0n) is 10.7. The summed E-state index contributed by atoms with van der Waals surface area (Å²) in [6, 6.07) is 6.27. The van der Waals surface area contributed by atoms with Gasteiger partial charge in [0.25, 0.3) is 0 Å². The van der Waals surface area contributed by atoms with Crippen molar-refractivity contribution in [2.45, 2.75) is 11.4 Å². The van der Waals surface area contributed by atoms with Gasteiger partial charge in [-0.25, -0.2) is 22.9 Å². The van der Waals surface area contributed by atoms with E-state index < -0.39 is 16.0 Å². The van der Waals surface area contributed by atoms with E-state index in [0.29, 0.717) is 0 Å². The molecule has 0 aliphatic carbocycles. The predicted molar refractivity (Wildman–Crippen MR) is 78.5 cm³/mol. The van der Waals surface area contributed by atoms with Crippen LogP contribution in [0.25, 0.3) is 0 Å². The summed E-state index contributed by atoms with van der Waals surface area (Å²) in [6.07, 6.45) is 2.69. The first-order chi connectivity index (χ1) is 9.88. The van der Waals surface area contributed by atoms with Crippen molar-refractivity contribution in [1.82, 2.24) is 14.3 Å². The molecule has 0 spiro atoms. The standard InChI is InChI=1S/C12H12BrN3O4S/c13-9-1-3-10(4-2-9)21(19,20)15-5-6-16-7-11(12(17)18)14-8-16/h1-4,7-8,15H,5-6H2,(H,17,18). The fraction of sp³-hybridized carbons (Fsp3) is 0.167. The number of imidazole rings is 1. The van der Waals surface area contributed by atoms with E-state index in [1.807, 2.05) is 0 Å². The first kappa shape index (κ1) is 15.7. The summed E-state index contributed by atoms with van der Waals surface area (Å²) in [5.74, 6) is -1.12. The van der Waals surface area contributed by atoms with Crippen molar-refractivity contribution in [3.05, 3.63) is 47.0 Å². The van der Waals surface area contributed by atoms with Crippen molar-refractivity contribution in [3.63, 3.8) is 0 Å². The average Bonchev–Trinajstić information content (AvgIpc) is 2.88. The lowest BCUT2D eigenvalue weighted by molar-refractivity contribution is 0.0691. The van der Waals surface area contributed by atoms with E-state index in [4.69, 9.17) is 5.11 Å². The number of rotatable bonds is 6. The number of aromatic carboxylic acids is 1. The van der Waals surface area contributed by atoms with E-state index >= 15 is 0 Å². The van der Waals surface area contributed by atoms with Crippen molar-refractivity contribution in [3.8, 4) is 0 Å². The number of hydrogen-bond donors (Lipinski definition) is 2. The molecule has 0 aliphatic heterocycles. The van der Waals surface area contributed by atoms with Gasteiger partial charge in [0, 0.05) is 23.8 Å². The molecule has 0 aliphatic rings. The van der Waals surface area contributed by atoms with Gasteiger partial charge in [0.05, 0.1) is 11.2 Å². The molecule has 1 heterocycles. The summed E-state index contributed by atoms with van der Waals surface area (Å²) in [5, 5.41) is 8.73. The summed E-state index contributed by atoms with van der Waals surface area (Å²) < 4.78 is 28.7. The van der Waals surface area contributed by atoms with Gasteiger partial charge < -0.3 is 9.67 Å². The lowest BCUT2D eigenvalue weighted by Crippen LogP contribution is -2.27. The number of aromatic nitrogens is 2. The van der Waals surface area contributed by atoms with Crippen LogP contribution in [0.1, 0.15) is 10.5 Å². The average molecular weight is 374 g/mol. The number of carbonyl (C=O) groups is 1. The number of benzene rings is 1. The highest BCUT2D eigenvalue weighted by Gasteiger charge is 2.13. The molecule has 0 radical (unpaired) electrons. The second kappa shape index (κ2) is 6.37. The molecule has 112 valence electrons. The summed E-state index contributed by atoms with van der Waals surface area (Å²) in [5.41, 5.74) is -0.0780. The van der Waals surface area contributed by atoms with Gasteiger partial charge in [-0.1, -0.05) is 15.9 Å². The highest BCUT2D eigenvalue weighted by molar-refractivity contribution is 9.10. The molecular weight excluding hydrogens is 362 g/mol. The van der Waals surface area contributed by atoms with Crippen LogP contribution in [0.2, 0.25) is 0 Å². The topological polar surface area (TPSA) is 101 Å².